The van der Waals surface area contributed by atoms with Crippen molar-refractivity contribution in [1.29, 1.82) is 0 Å². The summed E-state index contributed by atoms with van der Waals surface area (Å²) in [6.45, 7) is 4.49. The molecule has 0 atom stereocenters. The Hall–Kier alpha value is 1.19. The summed E-state index contributed by atoms with van der Waals surface area (Å²) in [7, 11) is 4.07. The Morgan fingerprint density at radius 2 is 1.18 bits per heavy atom. The van der Waals surface area contributed by atoms with Crippen molar-refractivity contribution in [3.63, 3.8) is 0 Å². The number of unbranched alkanes of at least 4 members (excludes halogenated alkanes) is 2. The Morgan fingerprint density at radius 1 is 0.818 bits per heavy atom. The molecule has 3 heteroatoms. The molecular weight excluding hydrogens is 219 g/mol. The van der Waals surface area contributed by atoms with E-state index in [1.807, 2.05) is 21.6 Å². The minimum Gasteiger partial charge on any atom is -0.0942 e. The predicted molar refractivity (Wildman–Crippen MR) is 54.7 cm³/mol. The van der Waals surface area contributed by atoms with Crippen LogP contribution in [-0.2, 0) is 16.5 Å². The van der Waals surface area contributed by atoms with Crippen LogP contribution in [0.15, 0.2) is 0 Å². The first-order chi connectivity index (χ1) is 4.91. The van der Waals surface area contributed by atoms with Gasteiger partial charge in [-0.2, -0.15) is 0 Å². The summed E-state index contributed by atoms with van der Waals surface area (Å²) in [6, 6.07) is 0. The van der Waals surface area contributed by atoms with Gasteiger partial charge in [0.1, 0.15) is 0 Å². The quantitative estimate of drug-likeness (QED) is 0.373. The Morgan fingerprint density at radius 3 is 1.45 bits per heavy atom. The smallest absolute Gasteiger partial charge is 0.00368 e. The van der Waals surface area contributed by atoms with Gasteiger partial charge in [0.05, 0.1) is 0 Å². The molecule has 0 aromatic rings. The zero-order chi connectivity index (χ0) is 7.66. The average molecular weight is 237 g/mol. The molecule has 0 bridgehead atoms. The second-order valence-corrected chi connectivity index (χ2v) is 5.05. The molecule has 72 valence electrons. The fourth-order valence-electron chi connectivity index (χ4n) is 0.524. The maximum atomic E-state index is 2.25. The van der Waals surface area contributed by atoms with Gasteiger partial charge in [0.15, 0.2) is 0 Å². The summed E-state index contributed by atoms with van der Waals surface area (Å²) in [5.74, 6) is 2.68. The number of rotatable bonds is 7. The van der Waals surface area contributed by atoms with Crippen LogP contribution < -0.4 is 0 Å². The van der Waals surface area contributed by atoms with Gasteiger partial charge in [0.25, 0.3) is 0 Å². The van der Waals surface area contributed by atoms with E-state index in [2.05, 4.69) is 13.8 Å². The minimum atomic E-state index is 0. The molecule has 0 aliphatic carbocycles. The molecule has 0 amide bonds. The van der Waals surface area contributed by atoms with E-state index in [0.29, 0.717) is 0 Å². The molecular formula is C8H18NiS2. The number of hydrogen-bond donors (Lipinski definition) is 0. The molecule has 0 saturated carbocycles. The summed E-state index contributed by atoms with van der Waals surface area (Å²) >= 11 is 0. The van der Waals surface area contributed by atoms with Gasteiger partial charge in [0.2, 0.25) is 0 Å². The molecule has 0 radical (unpaired) electrons. The maximum absolute atomic E-state index is 2.25. The van der Waals surface area contributed by atoms with E-state index >= 15 is 0 Å². The van der Waals surface area contributed by atoms with E-state index in [1.54, 1.807) is 0 Å². The second-order valence-electron chi connectivity index (χ2n) is 2.35. The van der Waals surface area contributed by atoms with E-state index < -0.39 is 0 Å². The maximum Gasteiger partial charge on any atom is 0.00368 e. The van der Waals surface area contributed by atoms with Gasteiger partial charge in [-0.05, 0) is 12.8 Å². The molecule has 0 N–H and O–H groups in total. The molecule has 0 unspecified atom stereocenters. The molecule has 0 aromatic carbocycles. The Kier molecular flexibility index (Phi) is 18.4. The molecule has 0 nitrogen and oxygen atoms in total. The van der Waals surface area contributed by atoms with Gasteiger partial charge in [-0.15, -0.1) is 0 Å². The normalized spacial score (nSPS) is 9.27. The van der Waals surface area contributed by atoms with Crippen LogP contribution in [0.25, 0.3) is 0 Å². The van der Waals surface area contributed by atoms with E-state index in [1.165, 1.54) is 37.2 Å². The van der Waals surface area contributed by atoms with Gasteiger partial charge in [-0.25, -0.2) is 0 Å². The predicted octanol–water partition coefficient (Wildman–Crippen LogP) is 3.97. The van der Waals surface area contributed by atoms with Crippen molar-refractivity contribution in [3.8, 4) is 0 Å². The molecule has 0 fully saturated rings. The first-order valence-corrected chi connectivity index (χ1v) is 6.65. The Bertz CT molecular complexity index is 52.1. The van der Waals surface area contributed by atoms with E-state index in [-0.39, 0.29) is 16.5 Å². The van der Waals surface area contributed by atoms with Crippen molar-refractivity contribution in [3.05, 3.63) is 0 Å². The van der Waals surface area contributed by atoms with Gasteiger partial charge in [-0.3, -0.25) is 0 Å². The third-order valence-electron chi connectivity index (χ3n) is 1.25. The van der Waals surface area contributed by atoms with Gasteiger partial charge < -0.3 is 0 Å². The van der Waals surface area contributed by atoms with Crippen LogP contribution in [0.4, 0.5) is 0 Å². The molecule has 0 heterocycles. The van der Waals surface area contributed by atoms with Crippen LogP contribution in [0.1, 0.15) is 39.5 Å². The first kappa shape index (κ1) is 14.7. The summed E-state index contributed by atoms with van der Waals surface area (Å²) in [5, 5.41) is 0. The van der Waals surface area contributed by atoms with Crippen molar-refractivity contribution >= 4 is 21.6 Å². The third-order valence-corrected chi connectivity index (χ3v) is 3.82. The zero-order valence-corrected chi connectivity index (χ0v) is 10.00. The monoisotopic (exact) mass is 236 g/mol. The first-order valence-electron chi connectivity index (χ1n) is 4.16. The van der Waals surface area contributed by atoms with Gasteiger partial charge >= 0.3 is 0 Å². The average Bonchev–Trinajstić information content (AvgIpc) is 1.97. The molecule has 0 spiro atoms. The third kappa shape index (κ3) is 14.1. The SMILES string of the molecule is CCCCSSCCCC.[Ni]. The summed E-state index contributed by atoms with van der Waals surface area (Å²) < 4.78 is 0. The van der Waals surface area contributed by atoms with Crippen molar-refractivity contribution < 1.29 is 16.5 Å². The fraction of sp³-hybridized carbons (Fsp3) is 1.00. The van der Waals surface area contributed by atoms with Crippen LogP contribution in [0.2, 0.25) is 0 Å². The van der Waals surface area contributed by atoms with Crippen LogP contribution >= 0.6 is 21.6 Å². The van der Waals surface area contributed by atoms with Crippen molar-refractivity contribution in [2.24, 2.45) is 0 Å². The Balaban J connectivity index is 0. The topological polar surface area (TPSA) is 0 Å². The van der Waals surface area contributed by atoms with Crippen LogP contribution in [0, 0.1) is 0 Å². The second kappa shape index (κ2) is 13.8. The summed E-state index contributed by atoms with van der Waals surface area (Å²) in [6.07, 6.45) is 5.43. The van der Waals surface area contributed by atoms with E-state index in [9.17, 15) is 0 Å². The van der Waals surface area contributed by atoms with Crippen molar-refractivity contribution in [1.82, 2.24) is 0 Å². The summed E-state index contributed by atoms with van der Waals surface area (Å²) in [4.78, 5) is 0. The van der Waals surface area contributed by atoms with E-state index in [0.717, 1.165) is 0 Å². The summed E-state index contributed by atoms with van der Waals surface area (Å²) in [5.41, 5.74) is 0. The van der Waals surface area contributed by atoms with Crippen LogP contribution in [0.3, 0.4) is 0 Å². The van der Waals surface area contributed by atoms with Gasteiger partial charge in [0, 0.05) is 28.0 Å². The van der Waals surface area contributed by atoms with E-state index in [4.69, 9.17) is 0 Å². The molecule has 0 aliphatic rings. The molecule has 0 rings (SSSR count). The fourth-order valence-corrected chi connectivity index (χ4v) is 2.99. The Labute approximate surface area is 89.0 Å². The van der Waals surface area contributed by atoms with Crippen LogP contribution in [-0.4, -0.2) is 11.5 Å². The standard InChI is InChI=1S/C8H18S2.Ni/c1-3-5-7-9-10-8-6-4-2;/h3-8H2,1-2H3;. The van der Waals surface area contributed by atoms with Crippen molar-refractivity contribution in [2.75, 3.05) is 11.5 Å². The zero-order valence-electron chi connectivity index (χ0n) is 7.38. The van der Waals surface area contributed by atoms with Gasteiger partial charge in [-0.1, -0.05) is 48.3 Å². The molecule has 0 aliphatic heterocycles. The minimum absolute atomic E-state index is 0. The molecule has 11 heavy (non-hydrogen) atoms. The molecule has 0 saturated heterocycles. The van der Waals surface area contributed by atoms with Crippen LogP contribution in [0.5, 0.6) is 0 Å². The number of hydrogen-bond acceptors (Lipinski definition) is 2. The largest absolute Gasteiger partial charge is 0.0942 e. The molecule has 0 aromatic heterocycles. The van der Waals surface area contributed by atoms with Crippen molar-refractivity contribution in [2.45, 2.75) is 39.5 Å².